The Morgan fingerprint density at radius 3 is 2.04 bits per heavy atom. The molecule has 0 aliphatic carbocycles. The van der Waals surface area contributed by atoms with Gasteiger partial charge in [-0.3, -0.25) is 29.4 Å². The van der Waals surface area contributed by atoms with E-state index in [-0.39, 0.29) is 22.6 Å². The lowest BCUT2D eigenvalue weighted by atomic mass is 9.99. The molecule has 2 N–H and O–H groups in total. The molecule has 370 valence electrons. The molecular formula is C56H55N11O4S2. The van der Waals surface area contributed by atoms with Crippen LogP contribution in [0.4, 0.5) is 0 Å². The van der Waals surface area contributed by atoms with Gasteiger partial charge in [-0.05, 0) is 117 Å². The Bertz CT molecular complexity index is 3700. The summed E-state index contributed by atoms with van der Waals surface area (Å²) in [6.45, 7) is 16.1. The zero-order chi connectivity index (χ0) is 50.2. The highest BCUT2D eigenvalue weighted by molar-refractivity contribution is 7.15. The lowest BCUT2D eigenvalue weighted by Gasteiger charge is -2.31. The summed E-state index contributed by atoms with van der Waals surface area (Å²) in [5.74, 6) is 0.532. The van der Waals surface area contributed by atoms with Crippen LogP contribution in [-0.2, 0) is 6.42 Å². The molecule has 0 unspecified atom stereocenters. The van der Waals surface area contributed by atoms with Crippen molar-refractivity contribution in [3.8, 4) is 43.8 Å². The van der Waals surface area contributed by atoms with E-state index >= 15 is 0 Å². The number of thiophene rings is 1. The van der Waals surface area contributed by atoms with Gasteiger partial charge in [0, 0.05) is 115 Å². The molecule has 0 atom stereocenters. The topological polar surface area (TPSA) is 162 Å². The second-order valence-corrected chi connectivity index (χ2v) is 21.3. The van der Waals surface area contributed by atoms with Gasteiger partial charge in [0.15, 0.2) is 11.5 Å². The standard InChI is InChI=1S/C56H55N11O4S2/c1-6-45-38(8-7-13-57-45)22-34(2)43-26-40-28-47(70-32-66-18-14-64(4)15-19-66)55(68)62-53(40)60-51(43)49-12-10-42(73-49)24-36-23-39-25-37(9-11-46(39)59-30-36)44-27-41-29-48(71-33-67-20-16-65(5)17-21-67)56(69)63-54(41)61-52(44)50-31-58-35(3)72-50/h6-13,22-23,25-31H,1,14-21,24,32-33H2,2-5H3,(H,60,62,68)(H,61,63,69)/b34-22+. The number of H-pyrrole nitrogens is 2. The number of likely N-dealkylation sites (N-methyl/N-ethyl adjacent to an activating group) is 2. The summed E-state index contributed by atoms with van der Waals surface area (Å²) in [7, 11) is 4.23. The second kappa shape index (κ2) is 20.7. The number of nitrogens with zero attached hydrogens (tertiary/aromatic N) is 9. The van der Waals surface area contributed by atoms with E-state index in [0.717, 1.165) is 144 Å². The van der Waals surface area contributed by atoms with Crippen LogP contribution in [0.2, 0.25) is 0 Å². The van der Waals surface area contributed by atoms with Gasteiger partial charge in [0.25, 0.3) is 11.1 Å². The Balaban J connectivity index is 0.907. The molecule has 10 heterocycles. The van der Waals surface area contributed by atoms with Gasteiger partial charge in [-0.2, -0.15) is 0 Å². The van der Waals surface area contributed by atoms with E-state index < -0.39 is 0 Å². The number of thiazole rings is 1. The van der Waals surface area contributed by atoms with Gasteiger partial charge in [0.1, 0.15) is 24.8 Å². The first kappa shape index (κ1) is 48.0. The molecular weight excluding hydrogens is 955 g/mol. The van der Waals surface area contributed by atoms with Crippen LogP contribution in [0.15, 0.2) is 108 Å². The molecule has 17 heteroatoms. The van der Waals surface area contributed by atoms with E-state index in [1.54, 1.807) is 47.1 Å². The first-order chi connectivity index (χ1) is 35.5. The maximum atomic E-state index is 13.5. The second-order valence-electron chi connectivity index (χ2n) is 18.9. The third-order valence-corrected chi connectivity index (χ3v) is 15.6. The molecule has 0 radical (unpaired) electrons. The lowest BCUT2D eigenvalue weighted by molar-refractivity contribution is 0.0755. The molecule has 9 aromatic rings. The molecule has 73 heavy (non-hydrogen) atoms. The van der Waals surface area contributed by atoms with Gasteiger partial charge in [0.2, 0.25) is 0 Å². The number of aromatic amines is 2. The van der Waals surface area contributed by atoms with Crippen LogP contribution < -0.4 is 20.6 Å². The molecule has 0 saturated carbocycles. The predicted octanol–water partition coefficient (Wildman–Crippen LogP) is 8.89. The number of benzene rings is 1. The highest BCUT2D eigenvalue weighted by atomic mass is 32.1. The fourth-order valence-corrected chi connectivity index (χ4v) is 11.2. The molecule has 2 aliphatic rings. The Morgan fingerprint density at radius 2 is 1.38 bits per heavy atom. The molecule has 8 aromatic heterocycles. The summed E-state index contributed by atoms with van der Waals surface area (Å²) in [5.41, 5.74) is 9.27. The van der Waals surface area contributed by atoms with Crippen molar-refractivity contribution in [1.82, 2.24) is 54.5 Å². The Kier molecular flexibility index (Phi) is 13.6. The summed E-state index contributed by atoms with van der Waals surface area (Å²) in [6, 6.07) is 24.4. The van der Waals surface area contributed by atoms with Gasteiger partial charge in [-0.1, -0.05) is 18.7 Å². The van der Waals surface area contributed by atoms with Crippen molar-refractivity contribution in [2.24, 2.45) is 0 Å². The number of ether oxygens (including phenoxy) is 2. The average Bonchev–Trinajstić information content (AvgIpc) is 4.06. The van der Waals surface area contributed by atoms with Crippen LogP contribution in [-0.4, -0.2) is 134 Å². The largest absolute Gasteiger partial charge is 0.472 e. The molecule has 2 fully saturated rings. The minimum Gasteiger partial charge on any atom is -0.472 e. The Labute approximate surface area is 430 Å². The van der Waals surface area contributed by atoms with Crippen molar-refractivity contribution >= 4 is 73.4 Å². The smallest absolute Gasteiger partial charge is 0.291 e. The van der Waals surface area contributed by atoms with Gasteiger partial charge in [0.05, 0.1) is 37.4 Å². The fourth-order valence-electron chi connectivity index (χ4n) is 9.36. The van der Waals surface area contributed by atoms with Crippen molar-refractivity contribution in [3.05, 3.63) is 151 Å². The first-order valence-electron chi connectivity index (χ1n) is 24.4. The third-order valence-electron chi connectivity index (χ3n) is 13.6. The summed E-state index contributed by atoms with van der Waals surface area (Å²) in [6.07, 6.45) is 10.1. The molecule has 0 spiro atoms. The Hall–Kier alpha value is -7.25. The van der Waals surface area contributed by atoms with Crippen LogP contribution in [0.25, 0.3) is 83.0 Å². The average molecular weight is 1010 g/mol. The third kappa shape index (κ3) is 10.5. The van der Waals surface area contributed by atoms with Gasteiger partial charge in [-0.15, -0.1) is 22.7 Å². The predicted molar refractivity (Wildman–Crippen MR) is 294 cm³/mol. The van der Waals surface area contributed by atoms with E-state index in [4.69, 9.17) is 24.4 Å². The number of allylic oxidation sites excluding steroid dienone is 1. The number of pyridine rings is 6. The number of piperazine rings is 2. The number of hydrogen-bond donors (Lipinski definition) is 2. The van der Waals surface area contributed by atoms with E-state index in [0.29, 0.717) is 31.2 Å². The quantitative estimate of drug-likeness (QED) is 0.106. The van der Waals surface area contributed by atoms with Gasteiger partial charge in [-0.25, -0.2) is 15.0 Å². The maximum Gasteiger partial charge on any atom is 0.291 e. The van der Waals surface area contributed by atoms with Crippen LogP contribution in [0.5, 0.6) is 11.5 Å². The molecule has 0 bridgehead atoms. The van der Waals surface area contributed by atoms with Crippen molar-refractivity contribution in [2.45, 2.75) is 20.3 Å². The molecule has 1 aromatic carbocycles. The molecule has 15 nitrogen and oxygen atoms in total. The number of hydrogen-bond acceptors (Lipinski definition) is 15. The van der Waals surface area contributed by atoms with E-state index in [1.165, 1.54) is 0 Å². The van der Waals surface area contributed by atoms with E-state index in [2.05, 4.69) is 116 Å². The van der Waals surface area contributed by atoms with Crippen molar-refractivity contribution in [1.29, 1.82) is 0 Å². The van der Waals surface area contributed by atoms with Crippen LogP contribution >= 0.6 is 22.7 Å². The Morgan fingerprint density at radius 1 is 0.712 bits per heavy atom. The van der Waals surface area contributed by atoms with E-state index in [1.807, 2.05) is 37.5 Å². The highest BCUT2D eigenvalue weighted by Crippen LogP contribution is 2.39. The number of fused-ring (bicyclic) bond motifs is 3. The van der Waals surface area contributed by atoms with Crippen LogP contribution in [0.1, 0.15) is 39.2 Å². The summed E-state index contributed by atoms with van der Waals surface area (Å²) in [4.78, 5) is 69.0. The van der Waals surface area contributed by atoms with Crippen LogP contribution in [0.3, 0.4) is 0 Å². The normalized spacial score (nSPS) is 15.4. The molecule has 0 amide bonds. The maximum absolute atomic E-state index is 13.5. The highest BCUT2D eigenvalue weighted by Gasteiger charge is 2.21. The van der Waals surface area contributed by atoms with Gasteiger partial charge >= 0.3 is 0 Å². The van der Waals surface area contributed by atoms with Crippen molar-refractivity contribution in [2.75, 3.05) is 79.9 Å². The number of aryl methyl sites for hydroxylation is 1. The number of rotatable bonds is 14. The number of aromatic nitrogens is 7. The van der Waals surface area contributed by atoms with Crippen molar-refractivity contribution < 1.29 is 9.47 Å². The SMILES string of the molecule is C=Cc1ncccc1/C=C(\C)c1cc2cc(OCN3CCN(C)CC3)c(=O)[nH]c2nc1-c1ccc(Cc2cnc3ccc(-c4cc5cc(OCN6CCN(C)CC6)c(=O)[nH]c5nc4-c4cnc(C)s4)cc3c2)s1. The van der Waals surface area contributed by atoms with Crippen molar-refractivity contribution in [3.63, 3.8) is 0 Å². The zero-order valence-electron chi connectivity index (χ0n) is 41.3. The molecule has 2 aliphatic heterocycles. The van der Waals surface area contributed by atoms with Crippen LogP contribution in [0, 0.1) is 6.92 Å². The monoisotopic (exact) mass is 1010 g/mol. The minimum atomic E-state index is -0.316. The van der Waals surface area contributed by atoms with Gasteiger partial charge < -0.3 is 29.2 Å². The summed E-state index contributed by atoms with van der Waals surface area (Å²) in [5, 5.41) is 3.45. The molecule has 11 rings (SSSR count). The number of nitrogens with one attached hydrogen (secondary N) is 2. The zero-order valence-corrected chi connectivity index (χ0v) is 42.9. The van der Waals surface area contributed by atoms with E-state index in [9.17, 15) is 9.59 Å². The summed E-state index contributed by atoms with van der Waals surface area (Å²) >= 11 is 3.22. The molecule has 2 saturated heterocycles. The minimum absolute atomic E-state index is 0.266. The summed E-state index contributed by atoms with van der Waals surface area (Å²) < 4.78 is 12.2. The fraction of sp³-hybridized carbons (Fsp3) is 0.268. The first-order valence-corrected chi connectivity index (χ1v) is 26.0. The lowest BCUT2D eigenvalue weighted by Crippen LogP contribution is -2.45.